The molecule has 0 amide bonds. The second-order valence-corrected chi connectivity index (χ2v) is 2.30. The fourth-order valence-electron chi connectivity index (χ4n) is 1.08. The zero-order valence-electron chi connectivity index (χ0n) is 5.99. The van der Waals surface area contributed by atoms with Gasteiger partial charge in [-0.2, -0.15) is 0 Å². The van der Waals surface area contributed by atoms with Crippen molar-refractivity contribution in [1.82, 2.24) is 0 Å². The summed E-state index contributed by atoms with van der Waals surface area (Å²) in [5, 5.41) is 0. The van der Waals surface area contributed by atoms with Crippen LogP contribution in [-0.4, -0.2) is 0 Å². The fourth-order valence-corrected chi connectivity index (χ4v) is 1.08. The molecule has 1 nitrogen and oxygen atoms in total. The van der Waals surface area contributed by atoms with E-state index in [9.17, 15) is 0 Å². The van der Waals surface area contributed by atoms with Crippen LogP contribution in [0.2, 0.25) is 0 Å². The Morgan fingerprint density at radius 1 is 1.18 bits per heavy atom. The first kappa shape index (κ1) is 8.54. The number of benzene rings is 1. The molecule has 0 saturated heterocycles. The number of rotatable bonds is 0. The summed E-state index contributed by atoms with van der Waals surface area (Å²) in [5.41, 5.74) is 1.27. The van der Waals surface area contributed by atoms with Crippen LogP contribution in [0.4, 0.5) is 0 Å². The van der Waals surface area contributed by atoms with Gasteiger partial charge in [0, 0.05) is 21.1 Å². The monoisotopic (exact) mass is 316 g/mol. The summed E-state index contributed by atoms with van der Waals surface area (Å²) in [4.78, 5) is 0. The molecule has 2 rings (SSSR count). The fraction of sp³-hybridized carbons (Fsp3) is 0.111. The second kappa shape index (κ2) is 3.73. The van der Waals surface area contributed by atoms with Crippen molar-refractivity contribution in [3.05, 3.63) is 42.2 Å². The van der Waals surface area contributed by atoms with Crippen molar-refractivity contribution in [3.8, 4) is 5.75 Å². The third-order valence-corrected chi connectivity index (χ3v) is 1.60. The topological polar surface area (TPSA) is 9.23 Å². The summed E-state index contributed by atoms with van der Waals surface area (Å²) < 4.78 is 5.24. The van der Waals surface area contributed by atoms with E-state index in [0.29, 0.717) is 0 Å². The number of allylic oxidation sites excluding steroid dienone is 1. The Morgan fingerprint density at radius 3 is 2.82 bits per heavy atom. The number of hydrogen-bond donors (Lipinski definition) is 0. The van der Waals surface area contributed by atoms with Gasteiger partial charge in [-0.1, -0.05) is 18.2 Å². The first-order valence-corrected chi connectivity index (χ1v) is 3.36. The third-order valence-electron chi connectivity index (χ3n) is 1.60. The molecular weight excluding hydrogens is 308 g/mol. The van der Waals surface area contributed by atoms with Crippen LogP contribution < -0.4 is 4.74 Å². The molecule has 2 heteroatoms. The molecule has 0 bridgehead atoms. The van der Waals surface area contributed by atoms with Gasteiger partial charge in [0.05, 0.1) is 6.26 Å². The maximum atomic E-state index is 5.24. The van der Waals surface area contributed by atoms with Crippen LogP contribution in [0.5, 0.6) is 5.75 Å². The number of hydrogen-bond acceptors (Lipinski definition) is 1. The van der Waals surface area contributed by atoms with Crippen molar-refractivity contribution in [1.29, 1.82) is 0 Å². The molecule has 56 valence electrons. The zero-order valence-corrected chi connectivity index (χ0v) is 8.92. The van der Waals surface area contributed by atoms with Crippen LogP contribution in [-0.2, 0) is 27.5 Å². The van der Waals surface area contributed by atoms with Gasteiger partial charge in [-0.25, -0.2) is 0 Å². The standard InChI is InChI=1S/C9H8O.W/c1-2-6-9-8(4-1)5-3-7-10-9;/h1-4,6-7H,5H2;. The van der Waals surface area contributed by atoms with Gasteiger partial charge < -0.3 is 4.74 Å². The maximum Gasteiger partial charge on any atom is 0.130 e. The number of para-hydroxylation sites is 1. The Bertz CT molecular complexity index is 241. The van der Waals surface area contributed by atoms with Crippen molar-refractivity contribution in [2.45, 2.75) is 6.42 Å². The van der Waals surface area contributed by atoms with Crippen LogP contribution in [0.25, 0.3) is 0 Å². The SMILES string of the molecule is C1=COc2ccccc2C1.[W]. The molecule has 0 spiro atoms. The minimum atomic E-state index is 0. The van der Waals surface area contributed by atoms with Crippen molar-refractivity contribution in [2.24, 2.45) is 0 Å². The Kier molecular flexibility index (Phi) is 2.90. The predicted octanol–water partition coefficient (Wildman–Crippen LogP) is 2.13. The number of fused-ring (bicyclic) bond motifs is 1. The third kappa shape index (κ3) is 1.72. The molecule has 0 saturated carbocycles. The largest absolute Gasteiger partial charge is 0.465 e. The predicted molar refractivity (Wildman–Crippen MR) is 39.9 cm³/mol. The van der Waals surface area contributed by atoms with E-state index >= 15 is 0 Å². The van der Waals surface area contributed by atoms with Gasteiger partial charge in [-0.15, -0.1) is 0 Å². The minimum Gasteiger partial charge on any atom is -0.465 e. The first-order chi connectivity index (χ1) is 4.97. The average molecular weight is 316 g/mol. The zero-order chi connectivity index (χ0) is 6.81. The van der Waals surface area contributed by atoms with Crippen LogP contribution in [0.1, 0.15) is 5.56 Å². The molecule has 0 N–H and O–H groups in total. The molecule has 0 fully saturated rings. The first-order valence-electron chi connectivity index (χ1n) is 3.36. The van der Waals surface area contributed by atoms with Gasteiger partial charge in [-0.3, -0.25) is 0 Å². The van der Waals surface area contributed by atoms with E-state index in [-0.39, 0.29) is 21.1 Å². The maximum absolute atomic E-state index is 5.24. The van der Waals surface area contributed by atoms with Crippen molar-refractivity contribution >= 4 is 0 Å². The van der Waals surface area contributed by atoms with E-state index < -0.39 is 0 Å². The van der Waals surface area contributed by atoms with E-state index in [4.69, 9.17) is 4.74 Å². The Hall–Kier alpha value is -0.552. The summed E-state index contributed by atoms with van der Waals surface area (Å²) >= 11 is 0. The molecule has 1 aliphatic rings. The Morgan fingerprint density at radius 2 is 2.00 bits per heavy atom. The summed E-state index contributed by atoms with van der Waals surface area (Å²) in [6, 6.07) is 8.08. The van der Waals surface area contributed by atoms with Crippen LogP contribution in [0, 0.1) is 0 Å². The van der Waals surface area contributed by atoms with Gasteiger partial charge in [0.25, 0.3) is 0 Å². The van der Waals surface area contributed by atoms with Gasteiger partial charge in [-0.05, 0) is 24.1 Å². The van der Waals surface area contributed by atoms with Crippen molar-refractivity contribution < 1.29 is 25.8 Å². The molecule has 1 aromatic rings. The van der Waals surface area contributed by atoms with Crippen LogP contribution >= 0.6 is 0 Å². The average Bonchev–Trinajstić information content (AvgIpc) is 2.05. The van der Waals surface area contributed by atoms with Crippen molar-refractivity contribution in [3.63, 3.8) is 0 Å². The van der Waals surface area contributed by atoms with Gasteiger partial charge in [0.2, 0.25) is 0 Å². The molecule has 11 heavy (non-hydrogen) atoms. The Balaban J connectivity index is 0.000000605. The van der Waals surface area contributed by atoms with Gasteiger partial charge in [0.15, 0.2) is 0 Å². The minimum absolute atomic E-state index is 0. The molecule has 1 heterocycles. The number of ether oxygens (including phenoxy) is 1. The van der Waals surface area contributed by atoms with E-state index in [1.807, 2.05) is 24.3 Å². The quantitative estimate of drug-likeness (QED) is 0.713. The second-order valence-electron chi connectivity index (χ2n) is 2.30. The molecule has 0 aromatic heterocycles. The van der Waals surface area contributed by atoms with E-state index in [0.717, 1.165) is 12.2 Å². The van der Waals surface area contributed by atoms with E-state index in [1.54, 1.807) is 6.26 Å². The van der Waals surface area contributed by atoms with E-state index in [2.05, 4.69) is 6.07 Å². The normalized spacial score (nSPS) is 12.7. The van der Waals surface area contributed by atoms with Gasteiger partial charge >= 0.3 is 0 Å². The molecule has 0 unspecified atom stereocenters. The summed E-state index contributed by atoms with van der Waals surface area (Å²) in [6.07, 6.45) is 4.75. The molecule has 1 aromatic carbocycles. The molecule has 0 aliphatic carbocycles. The van der Waals surface area contributed by atoms with Gasteiger partial charge in [0.1, 0.15) is 5.75 Å². The summed E-state index contributed by atoms with van der Waals surface area (Å²) in [7, 11) is 0. The van der Waals surface area contributed by atoms with Crippen molar-refractivity contribution in [2.75, 3.05) is 0 Å². The van der Waals surface area contributed by atoms with Crippen LogP contribution in [0.15, 0.2) is 36.6 Å². The molecule has 1 aliphatic heterocycles. The Labute approximate surface area is 80.3 Å². The molecule has 0 atom stereocenters. The molecular formula is C9H8OW. The molecule has 0 radical (unpaired) electrons. The van der Waals surface area contributed by atoms with Crippen LogP contribution in [0.3, 0.4) is 0 Å². The summed E-state index contributed by atoms with van der Waals surface area (Å²) in [6.45, 7) is 0. The summed E-state index contributed by atoms with van der Waals surface area (Å²) in [5.74, 6) is 0.991. The van der Waals surface area contributed by atoms with E-state index in [1.165, 1.54) is 5.56 Å². The smallest absolute Gasteiger partial charge is 0.130 e.